The summed E-state index contributed by atoms with van der Waals surface area (Å²) in [6.45, 7) is 7.59. The first-order chi connectivity index (χ1) is 13.7. The van der Waals surface area contributed by atoms with E-state index in [0.29, 0.717) is 22.3 Å². The molecule has 0 fully saturated rings. The summed E-state index contributed by atoms with van der Waals surface area (Å²) in [5.41, 5.74) is 3.63. The maximum atomic E-state index is 13.0. The van der Waals surface area contributed by atoms with Crippen LogP contribution in [0.15, 0.2) is 36.5 Å². The molecule has 1 amide bonds. The molecule has 0 aliphatic rings. The molecule has 0 saturated heterocycles. The standard InChI is InChI=1S/C22H26N4O3/c1-13(2)26-20-18(12-23-26)17(22(28)29-15(4)21(27)25(5)6)11-19(24-20)16-9-7-14(3)8-10-16/h7-13,15H,1-6H3. The Bertz CT molecular complexity index is 1050. The zero-order valence-corrected chi connectivity index (χ0v) is 17.6. The van der Waals surface area contributed by atoms with Gasteiger partial charge in [-0.15, -0.1) is 0 Å². The number of carbonyl (C=O) groups is 2. The van der Waals surface area contributed by atoms with E-state index in [9.17, 15) is 9.59 Å². The summed E-state index contributed by atoms with van der Waals surface area (Å²) in [7, 11) is 3.25. The van der Waals surface area contributed by atoms with Gasteiger partial charge in [-0.2, -0.15) is 5.10 Å². The number of fused-ring (bicyclic) bond motifs is 1. The molecule has 0 spiro atoms. The minimum absolute atomic E-state index is 0.0754. The van der Waals surface area contributed by atoms with E-state index >= 15 is 0 Å². The zero-order valence-electron chi connectivity index (χ0n) is 17.6. The van der Waals surface area contributed by atoms with Crippen LogP contribution in [0.25, 0.3) is 22.3 Å². The van der Waals surface area contributed by atoms with Crippen molar-refractivity contribution >= 4 is 22.9 Å². The molecule has 2 aromatic heterocycles. The van der Waals surface area contributed by atoms with Gasteiger partial charge in [0.15, 0.2) is 11.8 Å². The highest BCUT2D eigenvalue weighted by atomic mass is 16.5. The van der Waals surface area contributed by atoms with Gasteiger partial charge in [0, 0.05) is 25.7 Å². The molecule has 7 heteroatoms. The molecule has 0 N–H and O–H groups in total. The predicted molar refractivity (Wildman–Crippen MR) is 112 cm³/mol. The summed E-state index contributed by atoms with van der Waals surface area (Å²) < 4.78 is 7.23. The largest absolute Gasteiger partial charge is 0.449 e. The fourth-order valence-electron chi connectivity index (χ4n) is 3.08. The van der Waals surface area contributed by atoms with Gasteiger partial charge < -0.3 is 9.64 Å². The number of ether oxygens (including phenoxy) is 1. The van der Waals surface area contributed by atoms with Gasteiger partial charge in [0.25, 0.3) is 5.91 Å². The lowest BCUT2D eigenvalue weighted by Crippen LogP contribution is -2.34. The topological polar surface area (TPSA) is 77.3 Å². The van der Waals surface area contributed by atoms with Crippen molar-refractivity contribution in [3.63, 3.8) is 0 Å². The highest BCUT2D eigenvalue weighted by Crippen LogP contribution is 2.27. The van der Waals surface area contributed by atoms with E-state index in [4.69, 9.17) is 9.72 Å². The first-order valence-corrected chi connectivity index (χ1v) is 9.56. The smallest absolute Gasteiger partial charge is 0.339 e. The lowest BCUT2D eigenvalue weighted by molar-refractivity contribution is -0.137. The van der Waals surface area contributed by atoms with E-state index < -0.39 is 12.1 Å². The summed E-state index contributed by atoms with van der Waals surface area (Å²) in [5.74, 6) is -0.850. The Hall–Kier alpha value is -3.22. The van der Waals surface area contributed by atoms with Crippen molar-refractivity contribution in [1.29, 1.82) is 0 Å². The van der Waals surface area contributed by atoms with E-state index in [2.05, 4.69) is 5.10 Å². The molecule has 3 aromatic rings. The highest BCUT2D eigenvalue weighted by Gasteiger charge is 2.24. The van der Waals surface area contributed by atoms with Crippen LogP contribution in [0.5, 0.6) is 0 Å². The zero-order chi connectivity index (χ0) is 21.3. The van der Waals surface area contributed by atoms with Crippen LogP contribution in [0, 0.1) is 6.92 Å². The Balaban J connectivity index is 2.11. The number of likely N-dealkylation sites (N-methyl/N-ethyl adjacent to an activating group) is 1. The minimum Gasteiger partial charge on any atom is -0.449 e. The Labute approximate surface area is 170 Å². The van der Waals surface area contributed by atoms with Crippen LogP contribution in [0.2, 0.25) is 0 Å². The summed E-state index contributed by atoms with van der Waals surface area (Å²) >= 11 is 0. The molecule has 3 rings (SSSR count). The van der Waals surface area contributed by atoms with Gasteiger partial charge in [0.2, 0.25) is 0 Å². The normalized spacial score (nSPS) is 12.2. The molecule has 0 aliphatic carbocycles. The molecule has 7 nitrogen and oxygen atoms in total. The Morgan fingerprint density at radius 1 is 1.10 bits per heavy atom. The van der Waals surface area contributed by atoms with E-state index in [-0.39, 0.29) is 11.9 Å². The third-order valence-corrected chi connectivity index (χ3v) is 4.70. The molecule has 0 radical (unpaired) electrons. The maximum absolute atomic E-state index is 13.0. The molecular weight excluding hydrogens is 368 g/mol. The molecule has 0 saturated carbocycles. The fourth-order valence-corrected chi connectivity index (χ4v) is 3.08. The van der Waals surface area contributed by atoms with E-state index in [1.54, 1.807) is 38.0 Å². The maximum Gasteiger partial charge on any atom is 0.339 e. The SMILES string of the molecule is Cc1ccc(-c2cc(C(=O)OC(C)C(=O)N(C)C)c3cnn(C(C)C)c3n2)cc1. The number of amides is 1. The number of rotatable bonds is 5. The number of hydrogen-bond acceptors (Lipinski definition) is 5. The number of aromatic nitrogens is 3. The minimum atomic E-state index is -0.885. The van der Waals surface area contributed by atoms with Crippen molar-refractivity contribution in [3.8, 4) is 11.3 Å². The molecule has 1 atom stereocenters. The number of pyridine rings is 1. The number of aryl methyl sites for hydroxylation is 1. The van der Waals surface area contributed by atoms with Crippen LogP contribution in [0.4, 0.5) is 0 Å². The number of carbonyl (C=O) groups excluding carboxylic acids is 2. The second kappa shape index (κ2) is 8.03. The number of hydrogen-bond donors (Lipinski definition) is 0. The summed E-state index contributed by atoms with van der Waals surface area (Å²) in [4.78, 5) is 31.2. The summed E-state index contributed by atoms with van der Waals surface area (Å²) in [6.07, 6.45) is 0.736. The Kier molecular flexibility index (Phi) is 5.68. The van der Waals surface area contributed by atoms with Gasteiger partial charge >= 0.3 is 5.97 Å². The Morgan fingerprint density at radius 2 is 1.76 bits per heavy atom. The van der Waals surface area contributed by atoms with Crippen molar-refractivity contribution in [1.82, 2.24) is 19.7 Å². The van der Waals surface area contributed by atoms with Gasteiger partial charge in [-0.05, 0) is 33.8 Å². The van der Waals surface area contributed by atoms with Crippen molar-refractivity contribution in [2.45, 2.75) is 39.8 Å². The molecule has 0 bridgehead atoms. The molecule has 1 unspecified atom stereocenters. The quantitative estimate of drug-likeness (QED) is 0.618. The van der Waals surface area contributed by atoms with Gasteiger partial charge in [0.05, 0.1) is 22.8 Å². The number of benzene rings is 1. The van der Waals surface area contributed by atoms with Crippen LogP contribution in [0.3, 0.4) is 0 Å². The molecule has 0 aliphatic heterocycles. The van der Waals surface area contributed by atoms with E-state index in [1.807, 2.05) is 45.0 Å². The number of nitrogens with zero attached hydrogens (tertiary/aromatic N) is 4. The van der Waals surface area contributed by atoms with E-state index in [0.717, 1.165) is 11.1 Å². The first kappa shape index (κ1) is 20.5. The third kappa shape index (κ3) is 4.13. The van der Waals surface area contributed by atoms with Crippen molar-refractivity contribution in [2.24, 2.45) is 0 Å². The van der Waals surface area contributed by atoms with Crippen molar-refractivity contribution in [2.75, 3.05) is 14.1 Å². The van der Waals surface area contributed by atoms with Crippen molar-refractivity contribution in [3.05, 3.63) is 47.7 Å². The van der Waals surface area contributed by atoms with Gasteiger partial charge in [0.1, 0.15) is 0 Å². The third-order valence-electron chi connectivity index (χ3n) is 4.70. The van der Waals surface area contributed by atoms with Gasteiger partial charge in [-0.3, -0.25) is 4.79 Å². The van der Waals surface area contributed by atoms with Crippen LogP contribution in [0.1, 0.15) is 42.7 Å². The van der Waals surface area contributed by atoms with Crippen LogP contribution >= 0.6 is 0 Å². The average molecular weight is 394 g/mol. The fraction of sp³-hybridized carbons (Fsp3) is 0.364. The van der Waals surface area contributed by atoms with E-state index in [1.165, 1.54) is 4.90 Å². The molecule has 29 heavy (non-hydrogen) atoms. The highest BCUT2D eigenvalue weighted by molar-refractivity contribution is 6.04. The molecule has 1 aromatic carbocycles. The molecule has 152 valence electrons. The Morgan fingerprint density at radius 3 is 2.34 bits per heavy atom. The van der Waals surface area contributed by atoms with Crippen molar-refractivity contribution < 1.29 is 14.3 Å². The second-order valence-corrected chi connectivity index (χ2v) is 7.62. The average Bonchev–Trinajstić information content (AvgIpc) is 3.11. The molecule has 2 heterocycles. The van der Waals surface area contributed by atoms with Gasteiger partial charge in [-0.25, -0.2) is 14.5 Å². The predicted octanol–water partition coefficient (Wildman–Crippen LogP) is 3.62. The second-order valence-electron chi connectivity index (χ2n) is 7.62. The monoisotopic (exact) mass is 394 g/mol. The van der Waals surface area contributed by atoms with Crippen LogP contribution in [-0.4, -0.2) is 51.7 Å². The lowest BCUT2D eigenvalue weighted by atomic mass is 10.1. The first-order valence-electron chi connectivity index (χ1n) is 9.56. The lowest BCUT2D eigenvalue weighted by Gasteiger charge is -2.17. The number of esters is 1. The summed E-state index contributed by atoms with van der Waals surface area (Å²) in [5, 5.41) is 5.00. The van der Waals surface area contributed by atoms with Gasteiger partial charge in [-0.1, -0.05) is 29.8 Å². The van der Waals surface area contributed by atoms with Crippen LogP contribution < -0.4 is 0 Å². The molecular formula is C22H26N4O3. The van der Waals surface area contributed by atoms with Crippen LogP contribution in [-0.2, 0) is 9.53 Å². The summed E-state index contributed by atoms with van der Waals surface area (Å²) in [6, 6.07) is 9.70.